The van der Waals surface area contributed by atoms with Gasteiger partial charge in [-0.2, -0.15) is 0 Å². The van der Waals surface area contributed by atoms with Gasteiger partial charge in [-0.15, -0.1) is 0 Å². The van der Waals surface area contributed by atoms with Crippen molar-refractivity contribution in [3.05, 3.63) is 41.2 Å². The first-order chi connectivity index (χ1) is 6.86. The minimum atomic E-state index is 0.0781. The Morgan fingerprint density at radius 2 is 1.79 bits per heavy atom. The first-order valence-corrected chi connectivity index (χ1v) is 6.93. The Hall–Kier alpha value is -0.610. The maximum atomic E-state index is 2.29. The molecule has 1 aliphatic heterocycles. The van der Waals surface area contributed by atoms with Crippen LogP contribution < -0.4 is 5.30 Å². The fraction of sp³-hybridized carbons (Fsp3) is 0.385. The summed E-state index contributed by atoms with van der Waals surface area (Å²) in [5, 5.41) is 3.32. The quantitative estimate of drug-likeness (QED) is 0.655. The maximum absolute atomic E-state index is 2.29. The lowest BCUT2D eigenvalue weighted by Crippen LogP contribution is -2.15. The molecule has 1 heterocycles. The standard InChI is InChI=1S/C13H17P/c1-3-11-10-14(13(11)4-2)12-8-6-5-7-9-12/h5-9H,3-4,10H2,1-2H3. The van der Waals surface area contributed by atoms with Crippen LogP contribution in [-0.2, 0) is 0 Å². The molecule has 0 bridgehead atoms. The molecular formula is C13H17P. The van der Waals surface area contributed by atoms with Crippen molar-refractivity contribution in [2.45, 2.75) is 26.7 Å². The number of allylic oxidation sites excluding steroid dienone is 2. The molecule has 1 aromatic rings. The summed E-state index contributed by atoms with van der Waals surface area (Å²) in [6.07, 6.45) is 3.87. The Kier molecular flexibility index (Phi) is 3.03. The second kappa shape index (κ2) is 4.28. The van der Waals surface area contributed by atoms with E-state index in [9.17, 15) is 0 Å². The van der Waals surface area contributed by atoms with Crippen LogP contribution in [0.15, 0.2) is 41.2 Å². The predicted octanol–water partition coefficient (Wildman–Crippen LogP) is 3.88. The van der Waals surface area contributed by atoms with Gasteiger partial charge >= 0.3 is 0 Å². The summed E-state index contributed by atoms with van der Waals surface area (Å²) in [5.74, 6) is 0. The van der Waals surface area contributed by atoms with Gasteiger partial charge in [0, 0.05) is 0 Å². The molecule has 0 aliphatic carbocycles. The van der Waals surface area contributed by atoms with Gasteiger partial charge in [0.2, 0.25) is 0 Å². The number of rotatable bonds is 3. The predicted molar refractivity (Wildman–Crippen MR) is 65.5 cm³/mol. The van der Waals surface area contributed by atoms with E-state index in [0.29, 0.717) is 0 Å². The van der Waals surface area contributed by atoms with Gasteiger partial charge in [0.05, 0.1) is 0 Å². The largest absolute Gasteiger partial charge is 0.0622 e. The minimum absolute atomic E-state index is 0.0781. The molecule has 0 N–H and O–H groups in total. The topological polar surface area (TPSA) is 0 Å². The van der Waals surface area contributed by atoms with Gasteiger partial charge in [-0.05, 0) is 37.5 Å². The molecule has 0 radical (unpaired) electrons. The summed E-state index contributed by atoms with van der Waals surface area (Å²) in [5.41, 5.74) is 1.72. The summed E-state index contributed by atoms with van der Waals surface area (Å²) >= 11 is 0. The van der Waals surface area contributed by atoms with Crippen LogP contribution in [0.3, 0.4) is 0 Å². The van der Waals surface area contributed by atoms with Crippen molar-refractivity contribution in [3.8, 4) is 0 Å². The molecule has 0 spiro atoms. The molecule has 2 rings (SSSR count). The van der Waals surface area contributed by atoms with Crippen molar-refractivity contribution in [3.63, 3.8) is 0 Å². The van der Waals surface area contributed by atoms with E-state index in [1.807, 2.05) is 0 Å². The molecule has 1 atom stereocenters. The van der Waals surface area contributed by atoms with Crippen LogP contribution in [0.2, 0.25) is 0 Å². The van der Waals surface area contributed by atoms with Crippen LogP contribution in [-0.4, -0.2) is 6.16 Å². The molecule has 0 aromatic heterocycles. The van der Waals surface area contributed by atoms with E-state index in [4.69, 9.17) is 0 Å². The van der Waals surface area contributed by atoms with Crippen molar-refractivity contribution < 1.29 is 0 Å². The monoisotopic (exact) mass is 204 g/mol. The smallest absolute Gasteiger partial charge is 0.00307 e. The van der Waals surface area contributed by atoms with Crippen LogP contribution in [0.25, 0.3) is 0 Å². The number of hydrogen-bond donors (Lipinski definition) is 0. The van der Waals surface area contributed by atoms with Crippen molar-refractivity contribution in [1.82, 2.24) is 0 Å². The summed E-state index contributed by atoms with van der Waals surface area (Å²) in [4.78, 5) is 0. The van der Waals surface area contributed by atoms with Crippen LogP contribution in [0.5, 0.6) is 0 Å². The summed E-state index contributed by atoms with van der Waals surface area (Å²) < 4.78 is 0. The van der Waals surface area contributed by atoms with Crippen molar-refractivity contribution in [2.24, 2.45) is 0 Å². The zero-order chi connectivity index (χ0) is 9.97. The molecule has 1 heteroatoms. The summed E-state index contributed by atoms with van der Waals surface area (Å²) in [6.45, 7) is 4.57. The highest BCUT2D eigenvalue weighted by Crippen LogP contribution is 2.57. The number of benzene rings is 1. The van der Waals surface area contributed by atoms with Gasteiger partial charge in [-0.3, -0.25) is 0 Å². The van der Waals surface area contributed by atoms with E-state index in [1.54, 1.807) is 16.2 Å². The molecule has 1 aliphatic rings. The second-order valence-corrected chi connectivity index (χ2v) is 5.91. The van der Waals surface area contributed by atoms with Gasteiger partial charge in [0.25, 0.3) is 0 Å². The molecule has 74 valence electrons. The molecule has 0 saturated heterocycles. The van der Waals surface area contributed by atoms with E-state index >= 15 is 0 Å². The zero-order valence-corrected chi connectivity index (χ0v) is 9.85. The van der Waals surface area contributed by atoms with Crippen LogP contribution in [0.1, 0.15) is 26.7 Å². The fourth-order valence-corrected chi connectivity index (χ4v) is 4.83. The van der Waals surface area contributed by atoms with E-state index in [0.717, 1.165) is 0 Å². The molecule has 0 nitrogen and oxygen atoms in total. The van der Waals surface area contributed by atoms with Gasteiger partial charge in [-0.1, -0.05) is 49.8 Å². The van der Waals surface area contributed by atoms with Crippen LogP contribution >= 0.6 is 7.92 Å². The van der Waals surface area contributed by atoms with Gasteiger partial charge < -0.3 is 0 Å². The first-order valence-electron chi connectivity index (χ1n) is 5.40. The van der Waals surface area contributed by atoms with E-state index in [1.165, 1.54) is 19.0 Å². The molecule has 1 aromatic carbocycles. The Morgan fingerprint density at radius 1 is 1.07 bits per heavy atom. The SMILES string of the molecule is CCC1=C(CC)P(c2ccccc2)C1. The van der Waals surface area contributed by atoms with Gasteiger partial charge in [-0.25, -0.2) is 0 Å². The molecular weight excluding hydrogens is 187 g/mol. The lowest BCUT2D eigenvalue weighted by molar-refractivity contribution is 1.01. The highest BCUT2D eigenvalue weighted by atomic mass is 31.1. The van der Waals surface area contributed by atoms with Crippen molar-refractivity contribution in [2.75, 3.05) is 6.16 Å². The Balaban J connectivity index is 2.21. The van der Waals surface area contributed by atoms with Crippen LogP contribution in [0, 0.1) is 0 Å². The van der Waals surface area contributed by atoms with Crippen molar-refractivity contribution in [1.29, 1.82) is 0 Å². The Labute approximate surface area is 87.8 Å². The third kappa shape index (κ3) is 1.64. The lowest BCUT2D eigenvalue weighted by atomic mass is 10.2. The number of hydrogen-bond acceptors (Lipinski definition) is 0. The van der Waals surface area contributed by atoms with E-state index < -0.39 is 0 Å². The third-order valence-electron chi connectivity index (χ3n) is 2.91. The lowest BCUT2D eigenvalue weighted by Gasteiger charge is -2.33. The zero-order valence-electron chi connectivity index (χ0n) is 8.96. The molecule has 1 unspecified atom stereocenters. The fourth-order valence-electron chi connectivity index (χ4n) is 2.09. The minimum Gasteiger partial charge on any atom is -0.0622 e. The summed E-state index contributed by atoms with van der Waals surface area (Å²) in [6, 6.07) is 11.0. The summed E-state index contributed by atoms with van der Waals surface area (Å²) in [7, 11) is 0.0781. The molecule has 14 heavy (non-hydrogen) atoms. The Morgan fingerprint density at radius 3 is 2.36 bits per heavy atom. The van der Waals surface area contributed by atoms with E-state index in [2.05, 4.69) is 44.2 Å². The van der Waals surface area contributed by atoms with E-state index in [-0.39, 0.29) is 7.92 Å². The average Bonchev–Trinajstić information content (AvgIpc) is 2.19. The second-order valence-electron chi connectivity index (χ2n) is 3.68. The average molecular weight is 204 g/mol. The molecule has 0 amide bonds. The maximum Gasteiger partial charge on any atom is -0.00307 e. The normalized spacial score (nSPS) is 20.9. The molecule has 0 saturated carbocycles. The molecule has 0 fully saturated rings. The van der Waals surface area contributed by atoms with Crippen molar-refractivity contribution >= 4 is 13.2 Å². The van der Waals surface area contributed by atoms with Gasteiger partial charge in [0.15, 0.2) is 0 Å². The van der Waals surface area contributed by atoms with Crippen LogP contribution in [0.4, 0.5) is 0 Å². The Bertz CT molecular complexity index is 338. The third-order valence-corrected chi connectivity index (χ3v) is 5.82. The highest BCUT2D eigenvalue weighted by Gasteiger charge is 2.27. The first kappa shape index (κ1) is 9.93. The van der Waals surface area contributed by atoms with Gasteiger partial charge in [0.1, 0.15) is 0 Å². The highest BCUT2D eigenvalue weighted by molar-refractivity contribution is 7.71.